The van der Waals surface area contributed by atoms with Crippen molar-refractivity contribution in [1.82, 2.24) is 10.3 Å². The fraction of sp³-hybridized carbons (Fsp3) is 0.375. The van der Waals surface area contributed by atoms with Gasteiger partial charge >= 0.3 is 0 Å². The molecule has 0 radical (unpaired) electrons. The average molecular weight is 409 g/mol. The quantitative estimate of drug-likeness (QED) is 0.536. The molecule has 0 fully saturated rings. The van der Waals surface area contributed by atoms with Crippen LogP contribution >= 0.6 is 0 Å². The summed E-state index contributed by atoms with van der Waals surface area (Å²) in [5.41, 5.74) is 4.51. The normalized spacial score (nSPS) is 13.7. The number of aryl methyl sites for hydroxylation is 1. The minimum absolute atomic E-state index is 0.0405. The minimum atomic E-state index is -0.130. The number of ether oxygens (including phenoxy) is 2. The van der Waals surface area contributed by atoms with Gasteiger partial charge in [-0.1, -0.05) is 37.3 Å². The predicted octanol–water partition coefficient (Wildman–Crippen LogP) is 2.24. The maximum absolute atomic E-state index is 12.9. The van der Waals surface area contributed by atoms with Gasteiger partial charge in [0.05, 0.1) is 27.2 Å². The molecule has 0 unspecified atom stereocenters. The number of H-pyrrole nitrogens is 1. The van der Waals surface area contributed by atoms with E-state index < -0.39 is 0 Å². The Bertz CT molecular complexity index is 1040. The van der Waals surface area contributed by atoms with Crippen molar-refractivity contribution in [2.24, 2.45) is 0 Å². The molecule has 0 saturated carbocycles. The van der Waals surface area contributed by atoms with Gasteiger partial charge in [0.1, 0.15) is 0 Å². The van der Waals surface area contributed by atoms with E-state index >= 15 is 0 Å². The third-order valence-electron chi connectivity index (χ3n) is 5.73. The van der Waals surface area contributed by atoms with Crippen LogP contribution in [0.2, 0.25) is 0 Å². The summed E-state index contributed by atoms with van der Waals surface area (Å²) in [4.78, 5) is 17.6. The number of nitrogens with one attached hydrogen (secondary N) is 3. The summed E-state index contributed by atoms with van der Waals surface area (Å²) in [7, 11) is 4.16. The number of fused-ring (bicyclic) bond motifs is 2. The van der Waals surface area contributed by atoms with Crippen LogP contribution in [0.15, 0.2) is 42.6 Å². The summed E-state index contributed by atoms with van der Waals surface area (Å²) in [5, 5.41) is 4.23. The van der Waals surface area contributed by atoms with Gasteiger partial charge in [0, 0.05) is 35.0 Å². The molecular weight excluding hydrogens is 378 g/mol. The van der Waals surface area contributed by atoms with E-state index in [1.54, 1.807) is 0 Å². The van der Waals surface area contributed by atoms with Crippen LogP contribution in [-0.2, 0) is 11.2 Å². The zero-order valence-corrected chi connectivity index (χ0v) is 17.9. The van der Waals surface area contributed by atoms with E-state index in [2.05, 4.69) is 49.5 Å². The highest BCUT2D eigenvalue weighted by Crippen LogP contribution is 2.44. The molecule has 3 aromatic rings. The van der Waals surface area contributed by atoms with Crippen LogP contribution in [0.25, 0.3) is 10.9 Å². The van der Waals surface area contributed by atoms with Gasteiger partial charge in [-0.25, -0.2) is 0 Å². The molecule has 158 valence electrons. The van der Waals surface area contributed by atoms with Crippen molar-refractivity contribution in [2.75, 3.05) is 34.0 Å². The third-order valence-corrected chi connectivity index (χ3v) is 5.73. The molecule has 0 saturated heterocycles. The SMILES string of the molecule is CCc1cccc2c([C@H](CC(=O)NCC[NH+](C)C)c3cccc4c3OCO4)c[nH]c12. The number of hydrogen-bond donors (Lipinski definition) is 3. The van der Waals surface area contributed by atoms with Crippen molar-refractivity contribution in [3.8, 4) is 11.5 Å². The Balaban J connectivity index is 1.72. The highest BCUT2D eigenvalue weighted by molar-refractivity contribution is 5.88. The van der Waals surface area contributed by atoms with Crippen LogP contribution in [0.3, 0.4) is 0 Å². The zero-order valence-electron chi connectivity index (χ0n) is 17.9. The first kappa shape index (κ1) is 20.3. The Morgan fingerprint density at radius 3 is 2.80 bits per heavy atom. The summed E-state index contributed by atoms with van der Waals surface area (Å²) >= 11 is 0. The molecule has 6 heteroatoms. The highest BCUT2D eigenvalue weighted by atomic mass is 16.7. The molecule has 1 aromatic heterocycles. The lowest BCUT2D eigenvalue weighted by atomic mass is 9.86. The van der Waals surface area contributed by atoms with Crippen molar-refractivity contribution < 1.29 is 19.2 Å². The molecule has 0 aliphatic carbocycles. The molecule has 0 bridgehead atoms. The van der Waals surface area contributed by atoms with Gasteiger partial charge in [-0.2, -0.15) is 0 Å². The fourth-order valence-electron chi connectivity index (χ4n) is 4.15. The minimum Gasteiger partial charge on any atom is -0.454 e. The van der Waals surface area contributed by atoms with E-state index in [0.717, 1.165) is 46.5 Å². The Labute approximate surface area is 177 Å². The first-order chi connectivity index (χ1) is 14.6. The summed E-state index contributed by atoms with van der Waals surface area (Å²) < 4.78 is 11.4. The first-order valence-corrected chi connectivity index (χ1v) is 10.6. The molecule has 0 spiro atoms. The van der Waals surface area contributed by atoms with Crippen LogP contribution in [0, 0.1) is 0 Å². The van der Waals surface area contributed by atoms with E-state index in [0.29, 0.717) is 13.0 Å². The molecule has 4 rings (SSSR count). The number of benzene rings is 2. The lowest BCUT2D eigenvalue weighted by Gasteiger charge is -2.19. The van der Waals surface area contributed by atoms with Gasteiger partial charge in [0.15, 0.2) is 11.5 Å². The van der Waals surface area contributed by atoms with E-state index in [9.17, 15) is 4.79 Å². The second-order valence-electron chi connectivity index (χ2n) is 8.08. The molecule has 1 aliphatic heterocycles. The molecular formula is C24H30N3O3+. The Morgan fingerprint density at radius 2 is 2.00 bits per heavy atom. The summed E-state index contributed by atoms with van der Waals surface area (Å²) in [5.74, 6) is 1.39. The number of quaternary nitrogens is 1. The Hall–Kier alpha value is -2.99. The number of aromatic nitrogens is 1. The number of amides is 1. The number of hydrogen-bond acceptors (Lipinski definition) is 3. The van der Waals surface area contributed by atoms with Crippen LogP contribution in [-0.4, -0.2) is 44.9 Å². The van der Waals surface area contributed by atoms with Gasteiger partial charge < -0.3 is 24.7 Å². The molecule has 1 amide bonds. The largest absolute Gasteiger partial charge is 0.454 e. The number of carbonyl (C=O) groups excluding carboxylic acids is 1. The number of aromatic amines is 1. The highest BCUT2D eigenvalue weighted by Gasteiger charge is 2.28. The topological polar surface area (TPSA) is 67.8 Å². The second kappa shape index (κ2) is 8.79. The summed E-state index contributed by atoms with van der Waals surface area (Å²) in [6.45, 7) is 3.92. The Morgan fingerprint density at radius 1 is 1.17 bits per heavy atom. The lowest BCUT2D eigenvalue weighted by molar-refractivity contribution is -0.856. The van der Waals surface area contributed by atoms with Crippen LogP contribution in [0.4, 0.5) is 0 Å². The standard InChI is InChI=1S/C24H29N3O3/c1-4-16-7-5-8-17-20(14-26-23(16)17)19(13-22(28)25-11-12-27(2)3)18-9-6-10-21-24(18)30-15-29-21/h5-10,14,19,26H,4,11-13,15H2,1-3H3,(H,25,28)/p+1/t19-/m1/s1. The average Bonchev–Trinajstić information content (AvgIpc) is 3.38. The van der Waals surface area contributed by atoms with E-state index in [1.807, 2.05) is 24.4 Å². The van der Waals surface area contributed by atoms with Crippen molar-refractivity contribution in [3.05, 3.63) is 59.3 Å². The van der Waals surface area contributed by atoms with E-state index in [1.165, 1.54) is 10.5 Å². The van der Waals surface area contributed by atoms with Crippen molar-refractivity contribution in [2.45, 2.75) is 25.7 Å². The summed E-state index contributed by atoms with van der Waals surface area (Å²) in [6.07, 6.45) is 3.35. The monoisotopic (exact) mass is 408 g/mol. The van der Waals surface area contributed by atoms with E-state index in [-0.39, 0.29) is 18.6 Å². The van der Waals surface area contributed by atoms with Crippen LogP contribution in [0.1, 0.15) is 36.0 Å². The number of likely N-dealkylation sites (N-methyl/N-ethyl adjacent to an activating group) is 1. The zero-order chi connectivity index (χ0) is 21.1. The molecule has 2 aromatic carbocycles. The Kier molecular flexibility index (Phi) is 5.95. The molecule has 30 heavy (non-hydrogen) atoms. The van der Waals surface area contributed by atoms with Gasteiger partial charge in [0.2, 0.25) is 12.7 Å². The van der Waals surface area contributed by atoms with Crippen molar-refractivity contribution in [3.63, 3.8) is 0 Å². The van der Waals surface area contributed by atoms with Gasteiger partial charge in [0.25, 0.3) is 0 Å². The number of rotatable bonds is 8. The smallest absolute Gasteiger partial charge is 0.231 e. The third kappa shape index (κ3) is 4.00. The van der Waals surface area contributed by atoms with E-state index in [4.69, 9.17) is 9.47 Å². The first-order valence-electron chi connectivity index (χ1n) is 10.6. The molecule has 1 aliphatic rings. The van der Waals surface area contributed by atoms with Crippen LogP contribution < -0.4 is 19.7 Å². The van der Waals surface area contributed by atoms with Crippen molar-refractivity contribution in [1.29, 1.82) is 0 Å². The predicted molar refractivity (Wildman–Crippen MR) is 117 cm³/mol. The number of para-hydroxylation sites is 2. The second-order valence-corrected chi connectivity index (χ2v) is 8.08. The summed E-state index contributed by atoms with van der Waals surface area (Å²) in [6, 6.07) is 12.3. The number of carbonyl (C=O) groups is 1. The molecule has 6 nitrogen and oxygen atoms in total. The van der Waals surface area contributed by atoms with Gasteiger partial charge in [-0.05, 0) is 23.6 Å². The maximum atomic E-state index is 12.9. The molecule has 3 N–H and O–H groups in total. The maximum Gasteiger partial charge on any atom is 0.231 e. The van der Waals surface area contributed by atoms with Gasteiger partial charge in [-0.15, -0.1) is 0 Å². The van der Waals surface area contributed by atoms with Crippen LogP contribution in [0.5, 0.6) is 11.5 Å². The van der Waals surface area contributed by atoms with Gasteiger partial charge in [-0.3, -0.25) is 4.79 Å². The molecule has 1 atom stereocenters. The lowest BCUT2D eigenvalue weighted by Crippen LogP contribution is -3.06. The van der Waals surface area contributed by atoms with Crippen molar-refractivity contribution >= 4 is 16.8 Å². The molecule has 2 heterocycles. The fourth-order valence-corrected chi connectivity index (χ4v) is 4.15.